The van der Waals surface area contributed by atoms with Crippen molar-refractivity contribution in [3.8, 4) is 0 Å². The van der Waals surface area contributed by atoms with Gasteiger partial charge in [0.25, 0.3) is 0 Å². The SMILES string of the molecule is Cc1ccc2nc(NCCOC3CCNCC3)nn2c1. The molecule has 0 radical (unpaired) electrons. The van der Waals surface area contributed by atoms with Crippen LogP contribution in [0.2, 0.25) is 0 Å². The van der Waals surface area contributed by atoms with Gasteiger partial charge in [-0.3, -0.25) is 0 Å². The quantitative estimate of drug-likeness (QED) is 0.803. The van der Waals surface area contributed by atoms with Gasteiger partial charge in [0.15, 0.2) is 5.65 Å². The van der Waals surface area contributed by atoms with Crippen molar-refractivity contribution in [3.05, 3.63) is 23.9 Å². The molecule has 1 aliphatic heterocycles. The van der Waals surface area contributed by atoms with Crippen molar-refractivity contribution >= 4 is 11.6 Å². The Balaban J connectivity index is 1.47. The van der Waals surface area contributed by atoms with Crippen molar-refractivity contribution in [1.29, 1.82) is 0 Å². The highest BCUT2D eigenvalue weighted by Crippen LogP contribution is 2.08. The first kappa shape index (κ1) is 13.3. The third-order valence-corrected chi connectivity index (χ3v) is 3.50. The van der Waals surface area contributed by atoms with Crippen LogP contribution in [0, 0.1) is 6.92 Å². The molecule has 0 amide bonds. The molecular formula is C14H21N5O. The summed E-state index contributed by atoms with van der Waals surface area (Å²) in [5.41, 5.74) is 2.03. The Morgan fingerprint density at radius 3 is 3.10 bits per heavy atom. The van der Waals surface area contributed by atoms with Gasteiger partial charge in [-0.1, -0.05) is 6.07 Å². The predicted molar refractivity (Wildman–Crippen MR) is 78.1 cm³/mol. The average molecular weight is 275 g/mol. The molecule has 0 atom stereocenters. The Labute approximate surface area is 118 Å². The molecule has 2 N–H and O–H groups in total. The maximum absolute atomic E-state index is 5.83. The molecule has 108 valence electrons. The number of aromatic nitrogens is 3. The van der Waals surface area contributed by atoms with Crippen LogP contribution in [-0.4, -0.2) is 46.9 Å². The Morgan fingerprint density at radius 1 is 1.40 bits per heavy atom. The molecule has 2 aromatic heterocycles. The Hall–Kier alpha value is -1.66. The lowest BCUT2D eigenvalue weighted by Crippen LogP contribution is -2.33. The molecular weight excluding hydrogens is 254 g/mol. The van der Waals surface area contributed by atoms with Gasteiger partial charge in [0, 0.05) is 12.7 Å². The van der Waals surface area contributed by atoms with Crippen molar-refractivity contribution < 1.29 is 4.74 Å². The van der Waals surface area contributed by atoms with Crippen LogP contribution in [0.25, 0.3) is 5.65 Å². The van der Waals surface area contributed by atoms with Gasteiger partial charge in [0.05, 0.1) is 12.7 Å². The van der Waals surface area contributed by atoms with Crippen LogP contribution < -0.4 is 10.6 Å². The summed E-state index contributed by atoms with van der Waals surface area (Å²) in [6, 6.07) is 4.01. The van der Waals surface area contributed by atoms with Crippen LogP contribution in [0.1, 0.15) is 18.4 Å². The van der Waals surface area contributed by atoms with Gasteiger partial charge in [0.2, 0.25) is 5.95 Å². The molecule has 0 aromatic carbocycles. The lowest BCUT2D eigenvalue weighted by atomic mass is 10.1. The minimum Gasteiger partial charge on any atom is -0.376 e. The molecule has 1 saturated heterocycles. The molecule has 20 heavy (non-hydrogen) atoms. The molecule has 0 aliphatic carbocycles. The number of ether oxygens (including phenoxy) is 1. The van der Waals surface area contributed by atoms with Crippen LogP contribution in [0.5, 0.6) is 0 Å². The van der Waals surface area contributed by atoms with E-state index < -0.39 is 0 Å². The highest BCUT2D eigenvalue weighted by molar-refractivity contribution is 5.43. The number of hydrogen-bond acceptors (Lipinski definition) is 5. The molecule has 3 rings (SSSR count). The van der Waals surface area contributed by atoms with Crippen molar-refractivity contribution in [2.45, 2.75) is 25.9 Å². The summed E-state index contributed by atoms with van der Waals surface area (Å²) >= 11 is 0. The molecule has 0 saturated carbocycles. The average Bonchev–Trinajstić information content (AvgIpc) is 2.86. The van der Waals surface area contributed by atoms with Gasteiger partial charge < -0.3 is 15.4 Å². The van der Waals surface area contributed by atoms with Gasteiger partial charge in [0.1, 0.15) is 0 Å². The van der Waals surface area contributed by atoms with Crippen LogP contribution in [-0.2, 0) is 4.74 Å². The normalized spacial score (nSPS) is 16.6. The monoisotopic (exact) mass is 275 g/mol. The third kappa shape index (κ3) is 3.26. The van der Waals surface area contributed by atoms with Crippen molar-refractivity contribution in [2.75, 3.05) is 31.6 Å². The van der Waals surface area contributed by atoms with Gasteiger partial charge in [-0.15, -0.1) is 5.10 Å². The van der Waals surface area contributed by atoms with E-state index in [1.54, 1.807) is 4.52 Å². The molecule has 6 heteroatoms. The summed E-state index contributed by atoms with van der Waals surface area (Å²) in [5, 5.41) is 10.9. The third-order valence-electron chi connectivity index (χ3n) is 3.50. The summed E-state index contributed by atoms with van der Waals surface area (Å²) < 4.78 is 7.63. The van der Waals surface area contributed by atoms with Crippen molar-refractivity contribution in [1.82, 2.24) is 19.9 Å². The first-order valence-electron chi connectivity index (χ1n) is 7.20. The van der Waals surface area contributed by atoms with E-state index in [2.05, 4.69) is 20.7 Å². The van der Waals surface area contributed by atoms with E-state index in [9.17, 15) is 0 Å². The summed E-state index contributed by atoms with van der Waals surface area (Å²) in [7, 11) is 0. The van der Waals surface area contributed by atoms with Gasteiger partial charge in [-0.05, 0) is 44.5 Å². The number of aryl methyl sites for hydroxylation is 1. The Bertz CT molecular complexity index is 562. The number of nitrogens with zero attached hydrogens (tertiary/aromatic N) is 3. The first-order valence-corrected chi connectivity index (χ1v) is 7.20. The maximum atomic E-state index is 5.83. The largest absolute Gasteiger partial charge is 0.376 e. The topological polar surface area (TPSA) is 63.5 Å². The lowest BCUT2D eigenvalue weighted by Gasteiger charge is -2.22. The second-order valence-electron chi connectivity index (χ2n) is 5.19. The van der Waals surface area contributed by atoms with Gasteiger partial charge >= 0.3 is 0 Å². The van der Waals surface area contributed by atoms with Gasteiger partial charge in [-0.25, -0.2) is 4.52 Å². The second kappa shape index (κ2) is 6.19. The number of rotatable bonds is 5. The standard InChI is InChI=1S/C14H21N5O/c1-11-2-3-13-17-14(18-19(13)10-11)16-8-9-20-12-4-6-15-7-5-12/h2-3,10,12,15H,4-9H2,1H3,(H,16,18). The van der Waals surface area contributed by atoms with E-state index in [-0.39, 0.29) is 0 Å². The fraction of sp³-hybridized carbons (Fsp3) is 0.571. The summed E-state index contributed by atoms with van der Waals surface area (Å²) in [5.74, 6) is 0.657. The minimum absolute atomic E-state index is 0.398. The molecule has 0 spiro atoms. The smallest absolute Gasteiger partial charge is 0.243 e. The van der Waals surface area contributed by atoms with Crippen LogP contribution in [0.4, 0.5) is 5.95 Å². The van der Waals surface area contributed by atoms with E-state index >= 15 is 0 Å². The molecule has 0 unspecified atom stereocenters. The lowest BCUT2D eigenvalue weighted by molar-refractivity contribution is 0.0394. The van der Waals surface area contributed by atoms with Crippen LogP contribution >= 0.6 is 0 Å². The Kier molecular flexibility index (Phi) is 4.13. The first-order chi connectivity index (χ1) is 9.81. The number of piperidine rings is 1. The number of hydrogen-bond donors (Lipinski definition) is 2. The summed E-state index contributed by atoms with van der Waals surface area (Å²) in [6.45, 7) is 5.59. The zero-order valence-electron chi connectivity index (χ0n) is 11.8. The zero-order valence-corrected chi connectivity index (χ0v) is 11.8. The minimum atomic E-state index is 0.398. The van der Waals surface area contributed by atoms with E-state index in [0.717, 1.165) is 38.1 Å². The van der Waals surface area contributed by atoms with Crippen molar-refractivity contribution in [2.24, 2.45) is 0 Å². The van der Waals surface area contributed by atoms with E-state index in [1.165, 1.54) is 5.56 Å². The van der Waals surface area contributed by atoms with E-state index in [0.29, 0.717) is 18.7 Å². The highest BCUT2D eigenvalue weighted by Gasteiger charge is 2.12. The second-order valence-corrected chi connectivity index (χ2v) is 5.19. The van der Waals surface area contributed by atoms with Crippen LogP contribution in [0.3, 0.4) is 0 Å². The molecule has 2 aromatic rings. The Morgan fingerprint density at radius 2 is 2.25 bits per heavy atom. The highest BCUT2D eigenvalue weighted by atomic mass is 16.5. The fourth-order valence-electron chi connectivity index (χ4n) is 2.41. The van der Waals surface area contributed by atoms with E-state index in [4.69, 9.17) is 4.74 Å². The number of fused-ring (bicyclic) bond motifs is 1. The number of anilines is 1. The molecule has 1 fully saturated rings. The summed E-state index contributed by atoms with van der Waals surface area (Å²) in [4.78, 5) is 4.41. The van der Waals surface area contributed by atoms with Crippen LogP contribution in [0.15, 0.2) is 18.3 Å². The molecule has 1 aliphatic rings. The number of pyridine rings is 1. The number of nitrogens with one attached hydrogen (secondary N) is 2. The zero-order chi connectivity index (χ0) is 13.8. The van der Waals surface area contributed by atoms with Gasteiger partial charge in [-0.2, -0.15) is 4.98 Å². The van der Waals surface area contributed by atoms with E-state index in [1.807, 2.05) is 25.3 Å². The molecule has 6 nitrogen and oxygen atoms in total. The molecule has 0 bridgehead atoms. The maximum Gasteiger partial charge on any atom is 0.243 e. The molecule has 3 heterocycles. The van der Waals surface area contributed by atoms with Crippen molar-refractivity contribution in [3.63, 3.8) is 0 Å². The fourth-order valence-corrected chi connectivity index (χ4v) is 2.41. The predicted octanol–water partition coefficient (Wildman–Crippen LogP) is 1.22. The summed E-state index contributed by atoms with van der Waals surface area (Å²) in [6.07, 6.45) is 4.58.